The molecule has 1 aromatic rings. The van der Waals surface area contributed by atoms with E-state index in [4.69, 9.17) is 0 Å². The molecule has 0 heterocycles. The smallest absolute Gasteiger partial charge is 0.251 e. The Kier molecular flexibility index (Phi) is 8.45. The average molecular weight is 391 g/mol. The number of nitrogens with one attached hydrogen (secondary N) is 3. The second-order valence-electron chi connectivity index (χ2n) is 5.19. The molecule has 0 radical (unpaired) electrons. The van der Waals surface area contributed by atoms with E-state index in [1.54, 1.807) is 12.1 Å². The molecular formula is C15H21BrClN3O2. The summed E-state index contributed by atoms with van der Waals surface area (Å²) < 4.78 is 0.866. The van der Waals surface area contributed by atoms with Crippen LogP contribution >= 0.6 is 28.3 Å². The third kappa shape index (κ3) is 7.24. The Hall–Kier alpha value is -1.11. The van der Waals surface area contributed by atoms with Crippen LogP contribution in [-0.4, -0.2) is 38.0 Å². The van der Waals surface area contributed by atoms with Gasteiger partial charge in [-0.25, -0.2) is 0 Å². The van der Waals surface area contributed by atoms with Crippen molar-refractivity contribution >= 4 is 40.2 Å². The molecule has 22 heavy (non-hydrogen) atoms. The molecule has 0 spiro atoms. The predicted molar refractivity (Wildman–Crippen MR) is 92.3 cm³/mol. The number of halogens is 2. The normalized spacial score (nSPS) is 13.1. The number of amides is 2. The summed E-state index contributed by atoms with van der Waals surface area (Å²) in [7, 11) is 0. The van der Waals surface area contributed by atoms with Crippen molar-refractivity contribution in [2.45, 2.75) is 12.8 Å². The van der Waals surface area contributed by atoms with Crippen LogP contribution in [0.5, 0.6) is 0 Å². The van der Waals surface area contributed by atoms with Gasteiger partial charge in [0.05, 0.1) is 6.54 Å². The molecule has 0 saturated heterocycles. The molecular weight excluding hydrogens is 370 g/mol. The predicted octanol–water partition coefficient (Wildman–Crippen LogP) is 1.72. The van der Waals surface area contributed by atoms with E-state index in [1.165, 1.54) is 12.8 Å². The van der Waals surface area contributed by atoms with Crippen LogP contribution in [0.1, 0.15) is 23.2 Å². The topological polar surface area (TPSA) is 70.2 Å². The molecule has 1 fully saturated rings. The van der Waals surface area contributed by atoms with E-state index >= 15 is 0 Å². The average Bonchev–Trinajstić information content (AvgIpc) is 3.27. The fourth-order valence-electron chi connectivity index (χ4n) is 1.88. The van der Waals surface area contributed by atoms with Gasteiger partial charge in [0.1, 0.15) is 0 Å². The van der Waals surface area contributed by atoms with E-state index in [-0.39, 0.29) is 24.2 Å². The van der Waals surface area contributed by atoms with Crippen LogP contribution in [0.25, 0.3) is 0 Å². The van der Waals surface area contributed by atoms with Gasteiger partial charge in [-0.15, -0.1) is 12.4 Å². The number of carbonyl (C=O) groups is 2. The number of hydrogen-bond donors (Lipinski definition) is 3. The van der Waals surface area contributed by atoms with Crippen LogP contribution in [0.15, 0.2) is 28.7 Å². The van der Waals surface area contributed by atoms with Crippen LogP contribution in [0.3, 0.4) is 0 Å². The lowest BCUT2D eigenvalue weighted by atomic mass is 10.2. The molecule has 0 aromatic heterocycles. The van der Waals surface area contributed by atoms with Crippen LogP contribution in [0.2, 0.25) is 0 Å². The first-order valence-electron chi connectivity index (χ1n) is 7.16. The number of rotatable bonds is 8. The van der Waals surface area contributed by atoms with E-state index in [2.05, 4.69) is 31.9 Å². The molecule has 0 unspecified atom stereocenters. The van der Waals surface area contributed by atoms with E-state index in [0.29, 0.717) is 25.2 Å². The standard InChI is InChI=1S/C15H20BrN3O2.ClH/c16-13-3-1-2-12(8-13)15(21)19-7-6-18-14(20)10-17-9-11-4-5-11;/h1-3,8,11,17H,4-7,9-10H2,(H,18,20)(H,19,21);1H. The Morgan fingerprint density at radius 1 is 1.18 bits per heavy atom. The highest BCUT2D eigenvalue weighted by atomic mass is 79.9. The molecule has 0 atom stereocenters. The first kappa shape index (κ1) is 18.9. The molecule has 0 bridgehead atoms. The quantitative estimate of drug-likeness (QED) is 0.592. The Morgan fingerprint density at radius 3 is 2.59 bits per heavy atom. The molecule has 7 heteroatoms. The van der Waals surface area contributed by atoms with Crippen LogP contribution < -0.4 is 16.0 Å². The second kappa shape index (κ2) is 9.82. The molecule has 2 rings (SSSR count). The first-order chi connectivity index (χ1) is 10.1. The van der Waals surface area contributed by atoms with Gasteiger partial charge in [0.15, 0.2) is 0 Å². The lowest BCUT2D eigenvalue weighted by Crippen LogP contribution is -2.39. The van der Waals surface area contributed by atoms with Gasteiger partial charge in [-0.2, -0.15) is 0 Å². The maximum absolute atomic E-state index is 11.8. The minimum absolute atomic E-state index is 0. The Balaban J connectivity index is 0.00000242. The van der Waals surface area contributed by atoms with Crippen LogP contribution in [0, 0.1) is 5.92 Å². The van der Waals surface area contributed by atoms with Crippen molar-refractivity contribution in [3.05, 3.63) is 34.3 Å². The van der Waals surface area contributed by atoms with Crippen molar-refractivity contribution in [2.75, 3.05) is 26.2 Å². The van der Waals surface area contributed by atoms with Crippen molar-refractivity contribution < 1.29 is 9.59 Å². The maximum Gasteiger partial charge on any atom is 0.251 e. The molecule has 5 nitrogen and oxygen atoms in total. The van der Waals surface area contributed by atoms with Crippen LogP contribution in [0.4, 0.5) is 0 Å². The second-order valence-corrected chi connectivity index (χ2v) is 6.11. The molecule has 0 aliphatic heterocycles. The molecule has 1 saturated carbocycles. The maximum atomic E-state index is 11.8. The summed E-state index contributed by atoms with van der Waals surface area (Å²) in [6.45, 7) is 2.12. The zero-order valence-electron chi connectivity index (χ0n) is 12.2. The summed E-state index contributed by atoms with van der Waals surface area (Å²) in [5, 5.41) is 8.66. The Bertz CT molecular complexity index is 509. The zero-order chi connectivity index (χ0) is 15.1. The summed E-state index contributed by atoms with van der Waals surface area (Å²) in [6.07, 6.45) is 2.55. The number of benzene rings is 1. The van der Waals surface area contributed by atoms with Crippen LogP contribution in [-0.2, 0) is 4.79 Å². The zero-order valence-corrected chi connectivity index (χ0v) is 14.6. The molecule has 1 aromatic carbocycles. The minimum atomic E-state index is -0.141. The fraction of sp³-hybridized carbons (Fsp3) is 0.467. The summed E-state index contributed by atoms with van der Waals surface area (Å²) in [6, 6.07) is 7.19. The summed E-state index contributed by atoms with van der Waals surface area (Å²) >= 11 is 3.33. The molecule has 122 valence electrons. The SMILES string of the molecule is Cl.O=C(CNCC1CC1)NCCNC(=O)c1cccc(Br)c1. The number of carbonyl (C=O) groups excluding carboxylic acids is 2. The largest absolute Gasteiger partial charge is 0.353 e. The summed E-state index contributed by atoms with van der Waals surface area (Å²) in [5.41, 5.74) is 0.599. The van der Waals surface area contributed by atoms with E-state index in [1.807, 2.05) is 12.1 Å². The highest BCUT2D eigenvalue weighted by Crippen LogP contribution is 2.27. The van der Waals surface area contributed by atoms with Crippen molar-refractivity contribution in [1.82, 2.24) is 16.0 Å². The van der Waals surface area contributed by atoms with E-state index in [9.17, 15) is 9.59 Å². The minimum Gasteiger partial charge on any atom is -0.353 e. The third-order valence-corrected chi connectivity index (χ3v) is 3.73. The van der Waals surface area contributed by atoms with Crippen molar-refractivity contribution in [3.63, 3.8) is 0 Å². The fourth-order valence-corrected chi connectivity index (χ4v) is 2.28. The van der Waals surface area contributed by atoms with Gasteiger partial charge < -0.3 is 16.0 Å². The Labute approximate surface area is 145 Å². The van der Waals surface area contributed by atoms with Gasteiger partial charge in [0.2, 0.25) is 5.91 Å². The van der Waals surface area contributed by atoms with Crippen molar-refractivity contribution in [2.24, 2.45) is 5.92 Å². The molecule has 1 aliphatic rings. The highest BCUT2D eigenvalue weighted by Gasteiger charge is 2.20. The lowest BCUT2D eigenvalue weighted by molar-refractivity contribution is -0.120. The Morgan fingerprint density at radius 2 is 1.91 bits per heavy atom. The monoisotopic (exact) mass is 389 g/mol. The molecule has 2 amide bonds. The van der Waals surface area contributed by atoms with Gasteiger partial charge in [0.25, 0.3) is 5.91 Å². The lowest BCUT2D eigenvalue weighted by Gasteiger charge is -2.08. The van der Waals surface area contributed by atoms with Gasteiger partial charge in [0, 0.05) is 23.1 Å². The molecule has 3 N–H and O–H groups in total. The summed E-state index contributed by atoms with van der Waals surface area (Å²) in [5.74, 6) is 0.590. The van der Waals surface area contributed by atoms with Gasteiger partial charge in [-0.3, -0.25) is 9.59 Å². The van der Waals surface area contributed by atoms with Crippen molar-refractivity contribution in [1.29, 1.82) is 0 Å². The number of hydrogen-bond acceptors (Lipinski definition) is 3. The third-order valence-electron chi connectivity index (χ3n) is 3.24. The molecule has 1 aliphatic carbocycles. The van der Waals surface area contributed by atoms with E-state index < -0.39 is 0 Å². The van der Waals surface area contributed by atoms with Gasteiger partial charge in [-0.05, 0) is 43.5 Å². The van der Waals surface area contributed by atoms with Gasteiger partial charge in [-0.1, -0.05) is 22.0 Å². The highest BCUT2D eigenvalue weighted by molar-refractivity contribution is 9.10. The van der Waals surface area contributed by atoms with E-state index in [0.717, 1.165) is 16.9 Å². The van der Waals surface area contributed by atoms with Gasteiger partial charge >= 0.3 is 0 Å². The summed E-state index contributed by atoms with van der Waals surface area (Å²) in [4.78, 5) is 23.4. The first-order valence-corrected chi connectivity index (χ1v) is 7.95. The van der Waals surface area contributed by atoms with Crippen molar-refractivity contribution in [3.8, 4) is 0 Å².